The molecule has 0 saturated carbocycles. The highest BCUT2D eigenvalue weighted by molar-refractivity contribution is 5.46. The van der Waals surface area contributed by atoms with Crippen molar-refractivity contribution in [2.75, 3.05) is 6.61 Å². The highest BCUT2D eigenvalue weighted by Gasteiger charge is 2.22. The van der Waals surface area contributed by atoms with Gasteiger partial charge in [-0.25, -0.2) is 0 Å². The maximum Gasteiger partial charge on any atom is 0.126 e. The molecule has 1 aliphatic heterocycles. The molecule has 0 N–H and O–H groups in total. The second kappa shape index (κ2) is 3.30. The van der Waals surface area contributed by atoms with Crippen molar-refractivity contribution in [2.45, 2.75) is 39.0 Å². The van der Waals surface area contributed by atoms with Gasteiger partial charge >= 0.3 is 0 Å². The minimum Gasteiger partial charge on any atom is -0.493 e. The van der Waals surface area contributed by atoms with E-state index in [1.54, 1.807) is 0 Å². The predicted molar refractivity (Wildman–Crippen MR) is 59.0 cm³/mol. The summed E-state index contributed by atoms with van der Waals surface area (Å²) in [5, 5.41) is 0. The first-order valence-electron chi connectivity index (χ1n) is 5.34. The van der Waals surface area contributed by atoms with Crippen LogP contribution in [-0.4, -0.2) is 6.61 Å². The molecule has 1 aliphatic rings. The van der Waals surface area contributed by atoms with E-state index in [2.05, 4.69) is 39.0 Å². The van der Waals surface area contributed by atoms with Crippen molar-refractivity contribution in [3.8, 4) is 5.75 Å². The SMILES string of the molecule is CC(C)(C)c1cccc2c1OCCC2. The zero-order chi connectivity index (χ0) is 10.2. The first kappa shape index (κ1) is 9.57. The largest absolute Gasteiger partial charge is 0.493 e. The summed E-state index contributed by atoms with van der Waals surface area (Å²) in [5.41, 5.74) is 2.90. The number of para-hydroxylation sites is 1. The first-order chi connectivity index (χ1) is 6.59. The van der Waals surface area contributed by atoms with Crippen LogP contribution in [0.3, 0.4) is 0 Å². The lowest BCUT2D eigenvalue weighted by Gasteiger charge is -2.27. The van der Waals surface area contributed by atoms with E-state index >= 15 is 0 Å². The third-order valence-corrected chi connectivity index (χ3v) is 2.74. The lowest BCUT2D eigenvalue weighted by Crippen LogP contribution is -2.17. The third kappa shape index (κ3) is 1.63. The molecule has 1 heteroatoms. The summed E-state index contributed by atoms with van der Waals surface area (Å²) in [6.45, 7) is 7.59. The van der Waals surface area contributed by atoms with Crippen LogP contribution >= 0.6 is 0 Å². The van der Waals surface area contributed by atoms with E-state index in [1.807, 2.05) is 0 Å². The molecule has 0 radical (unpaired) electrons. The van der Waals surface area contributed by atoms with Crippen molar-refractivity contribution in [2.24, 2.45) is 0 Å². The molecule has 1 aromatic rings. The van der Waals surface area contributed by atoms with E-state index in [0.29, 0.717) is 0 Å². The van der Waals surface area contributed by atoms with Gasteiger partial charge in [0, 0.05) is 0 Å². The van der Waals surface area contributed by atoms with Gasteiger partial charge in [-0.3, -0.25) is 0 Å². The molecule has 0 atom stereocenters. The van der Waals surface area contributed by atoms with Gasteiger partial charge in [-0.2, -0.15) is 0 Å². The second-order valence-electron chi connectivity index (χ2n) is 5.00. The molecule has 0 aromatic heterocycles. The molecular weight excluding hydrogens is 172 g/mol. The molecule has 0 bridgehead atoms. The Morgan fingerprint density at radius 3 is 2.71 bits per heavy atom. The Morgan fingerprint density at radius 1 is 1.21 bits per heavy atom. The average Bonchev–Trinajstić information content (AvgIpc) is 2.15. The Kier molecular flexibility index (Phi) is 2.26. The van der Waals surface area contributed by atoms with E-state index in [-0.39, 0.29) is 5.41 Å². The fourth-order valence-corrected chi connectivity index (χ4v) is 1.98. The summed E-state index contributed by atoms with van der Waals surface area (Å²) < 4.78 is 5.78. The number of fused-ring (bicyclic) bond motifs is 1. The van der Waals surface area contributed by atoms with Gasteiger partial charge in [0.2, 0.25) is 0 Å². The van der Waals surface area contributed by atoms with Crippen LogP contribution in [0.5, 0.6) is 5.75 Å². The molecule has 0 fully saturated rings. The molecular formula is C13H18O. The van der Waals surface area contributed by atoms with Gasteiger partial charge in [0.15, 0.2) is 0 Å². The van der Waals surface area contributed by atoms with Crippen LogP contribution in [0.25, 0.3) is 0 Å². The topological polar surface area (TPSA) is 9.23 Å². The molecule has 1 aromatic carbocycles. The molecule has 2 rings (SSSR count). The monoisotopic (exact) mass is 190 g/mol. The summed E-state index contributed by atoms with van der Waals surface area (Å²) in [6, 6.07) is 6.52. The highest BCUT2D eigenvalue weighted by atomic mass is 16.5. The van der Waals surface area contributed by atoms with Crippen molar-refractivity contribution >= 4 is 0 Å². The molecule has 0 unspecified atom stereocenters. The lowest BCUT2D eigenvalue weighted by atomic mass is 9.84. The van der Waals surface area contributed by atoms with Gasteiger partial charge in [-0.1, -0.05) is 39.0 Å². The number of benzene rings is 1. The molecule has 14 heavy (non-hydrogen) atoms. The van der Waals surface area contributed by atoms with Gasteiger partial charge in [-0.15, -0.1) is 0 Å². The Balaban J connectivity index is 2.51. The van der Waals surface area contributed by atoms with Crippen molar-refractivity contribution in [1.29, 1.82) is 0 Å². The van der Waals surface area contributed by atoms with Crippen LogP contribution in [0.15, 0.2) is 18.2 Å². The van der Waals surface area contributed by atoms with Crippen LogP contribution in [0.2, 0.25) is 0 Å². The summed E-state index contributed by atoms with van der Waals surface area (Å²) >= 11 is 0. The normalized spacial score (nSPS) is 15.9. The number of rotatable bonds is 0. The molecule has 0 aliphatic carbocycles. The summed E-state index contributed by atoms with van der Waals surface area (Å²) in [5.74, 6) is 1.14. The lowest BCUT2D eigenvalue weighted by molar-refractivity contribution is 0.280. The van der Waals surface area contributed by atoms with E-state index in [4.69, 9.17) is 4.74 Å². The fourth-order valence-electron chi connectivity index (χ4n) is 1.98. The molecule has 76 valence electrons. The molecule has 0 amide bonds. The van der Waals surface area contributed by atoms with Gasteiger partial charge in [-0.05, 0) is 29.4 Å². The van der Waals surface area contributed by atoms with Gasteiger partial charge in [0.25, 0.3) is 0 Å². The smallest absolute Gasteiger partial charge is 0.126 e. The van der Waals surface area contributed by atoms with Gasteiger partial charge in [0.05, 0.1) is 6.61 Å². The van der Waals surface area contributed by atoms with E-state index in [9.17, 15) is 0 Å². The zero-order valence-electron chi connectivity index (χ0n) is 9.26. The first-order valence-corrected chi connectivity index (χ1v) is 5.34. The van der Waals surface area contributed by atoms with Crippen LogP contribution < -0.4 is 4.74 Å². The summed E-state index contributed by atoms with van der Waals surface area (Å²) in [4.78, 5) is 0. The van der Waals surface area contributed by atoms with Crippen molar-refractivity contribution in [1.82, 2.24) is 0 Å². The average molecular weight is 190 g/mol. The Hall–Kier alpha value is -0.980. The van der Waals surface area contributed by atoms with Crippen LogP contribution in [0.4, 0.5) is 0 Å². The number of ether oxygens (including phenoxy) is 1. The quantitative estimate of drug-likeness (QED) is 0.610. The van der Waals surface area contributed by atoms with E-state index in [1.165, 1.54) is 17.5 Å². The van der Waals surface area contributed by atoms with Crippen LogP contribution in [-0.2, 0) is 11.8 Å². The molecule has 1 nitrogen and oxygen atoms in total. The third-order valence-electron chi connectivity index (χ3n) is 2.74. The minimum atomic E-state index is 0.183. The van der Waals surface area contributed by atoms with Crippen molar-refractivity contribution in [3.63, 3.8) is 0 Å². The van der Waals surface area contributed by atoms with E-state index in [0.717, 1.165) is 18.8 Å². The second-order valence-corrected chi connectivity index (χ2v) is 5.00. The summed E-state index contributed by atoms with van der Waals surface area (Å²) in [7, 11) is 0. The predicted octanol–water partition coefficient (Wildman–Crippen LogP) is 3.31. The van der Waals surface area contributed by atoms with Crippen molar-refractivity contribution in [3.05, 3.63) is 29.3 Å². The number of hydrogen-bond acceptors (Lipinski definition) is 1. The van der Waals surface area contributed by atoms with Crippen molar-refractivity contribution < 1.29 is 4.74 Å². The maximum atomic E-state index is 5.78. The van der Waals surface area contributed by atoms with Gasteiger partial charge < -0.3 is 4.74 Å². The standard InChI is InChI=1S/C13H18O/c1-13(2,3)11-8-4-6-10-7-5-9-14-12(10)11/h4,6,8H,5,7,9H2,1-3H3. The van der Waals surface area contributed by atoms with Crippen LogP contribution in [0.1, 0.15) is 38.3 Å². The maximum absolute atomic E-state index is 5.78. The number of aryl methyl sites for hydroxylation is 1. The zero-order valence-corrected chi connectivity index (χ0v) is 9.26. The van der Waals surface area contributed by atoms with E-state index < -0.39 is 0 Å². The Morgan fingerprint density at radius 2 is 2.00 bits per heavy atom. The highest BCUT2D eigenvalue weighted by Crippen LogP contribution is 2.36. The minimum absolute atomic E-state index is 0.183. The summed E-state index contributed by atoms with van der Waals surface area (Å²) in [6.07, 6.45) is 2.32. The van der Waals surface area contributed by atoms with Crippen LogP contribution in [0, 0.1) is 0 Å². The fraction of sp³-hybridized carbons (Fsp3) is 0.538. The molecule has 0 saturated heterocycles. The Bertz CT molecular complexity index is 334. The Labute approximate surface area is 86.1 Å². The molecule has 1 heterocycles. The molecule has 0 spiro atoms. The number of hydrogen-bond donors (Lipinski definition) is 0. The van der Waals surface area contributed by atoms with Gasteiger partial charge in [0.1, 0.15) is 5.75 Å².